The van der Waals surface area contributed by atoms with Crippen molar-refractivity contribution < 1.29 is 9.72 Å². The maximum Gasteiger partial charge on any atom is 0.287 e. The van der Waals surface area contributed by atoms with Crippen molar-refractivity contribution in [3.05, 3.63) is 64.5 Å². The van der Waals surface area contributed by atoms with E-state index < -0.39 is 4.92 Å². The first kappa shape index (κ1) is 12.6. The zero-order valence-corrected chi connectivity index (χ0v) is 9.87. The van der Waals surface area contributed by atoms with Crippen LogP contribution in [-0.4, -0.2) is 15.8 Å². The van der Waals surface area contributed by atoms with E-state index in [-0.39, 0.29) is 11.6 Å². The number of rotatable bonds is 4. The van der Waals surface area contributed by atoms with Gasteiger partial charge < -0.3 is 10.3 Å². The topological polar surface area (TPSA) is 88.0 Å². The van der Waals surface area contributed by atoms with Gasteiger partial charge in [0.15, 0.2) is 0 Å². The fraction of sp³-hybridized carbons (Fsp3) is 0. The highest BCUT2D eigenvalue weighted by atomic mass is 16.6. The van der Waals surface area contributed by atoms with Gasteiger partial charge in [0.05, 0.1) is 11.1 Å². The van der Waals surface area contributed by atoms with Crippen molar-refractivity contribution in [2.45, 2.75) is 0 Å². The third-order valence-electron chi connectivity index (χ3n) is 2.36. The van der Waals surface area contributed by atoms with E-state index in [0.29, 0.717) is 11.4 Å². The van der Waals surface area contributed by atoms with E-state index in [1.807, 2.05) is 18.2 Å². The van der Waals surface area contributed by atoms with E-state index in [4.69, 9.17) is 0 Å². The molecule has 2 rings (SSSR count). The molecular weight excluding hydrogens is 246 g/mol. The average molecular weight is 257 g/mol. The molecule has 19 heavy (non-hydrogen) atoms. The van der Waals surface area contributed by atoms with E-state index in [0.717, 1.165) is 0 Å². The van der Waals surface area contributed by atoms with Gasteiger partial charge in [0.2, 0.25) is 5.91 Å². The van der Waals surface area contributed by atoms with E-state index in [1.54, 1.807) is 12.1 Å². The third-order valence-corrected chi connectivity index (χ3v) is 2.36. The molecule has 0 atom stereocenters. The number of hydrogen-bond donors (Lipinski definition) is 2. The second-order valence-corrected chi connectivity index (χ2v) is 3.76. The molecule has 0 saturated carbocycles. The number of aromatic nitrogens is 1. The molecule has 6 heteroatoms. The highest BCUT2D eigenvalue weighted by Gasteiger charge is 2.06. The van der Waals surface area contributed by atoms with E-state index in [2.05, 4.69) is 10.3 Å². The number of nitrogens with one attached hydrogen (secondary N) is 2. The minimum atomic E-state index is -0.502. The summed E-state index contributed by atoms with van der Waals surface area (Å²) < 4.78 is 0. The number of aromatic amines is 1. The van der Waals surface area contributed by atoms with Crippen molar-refractivity contribution >= 4 is 23.4 Å². The van der Waals surface area contributed by atoms with Gasteiger partial charge in [-0.15, -0.1) is 0 Å². The van der Waals surface area contributed by atoms with Crippen molar-refractivity contribution in [2.24, 2.45) is 0 Å². The average Bonchev–Trinajstić information content (AvgIpc) is 2.86. The Balaban J connectivity index is 1.98. The zero-order valence-electron chi connectivity index (χ0n) is 9.87. The van der Waals surface area contributed by atoms with E-state index >= 15 is 0 Å². The summed E-state index contributed by atoms with van der Waals surface area (Å²) in [7, 11) is 0. The number of amides is 1. The van der Waals surface area contributed by atoms with Gasteiger partial charge in [0, 0.05) is 23.5 Å². The van der Waals surface area contributed by atoms with Gasteiger partial charge in [-0.3, -0.25) is 14.9 Å². The van der Waals surface area contributed by atoms with Gasteiger partial charge >= 0.3 is 0 Å². The van der Waals surface area contributed by atoms with Crippen LogP contribution in [0.25, 0.3) is 6.08 Å². The van der Waals surface area contributed by atoms with Crippen molar-refractivity contribution in [1.82, 2.24) is 4.98 Å². The highest BCUT2D eigenvalue weighted by Crippen LogP contribution is 2.13. The highest BCUT2D eigenvalue weighted by molar-refractivity contribution is 6.01. The second-order valence-electron chi connectivity index (χ2n) is 3.76. The minimum Gasteiger partial charge on any atom is -0.356 e. The van der Waals surface area contributed by atoms with Crippen molar-refractivity contribution in [3.8, 4) is 0 Å². The van der Waals surface area contributed by atoms with Gasteiger partial charge in [0.25, 0.3) is 5.69 Å². The first-order chi connectivity index (χ1) is 9.15. The summed E-state index contributed by atoms with van der Waals surface area (Å²) in [4.78, 5) is 24.3. The molecular formula is C13H11N3O3. The number of benzene rings is 1. The molecule has 0 unspecified atom stereocenters. The van der Waals surface area contributed by atoms with Crippen LogP contribution in [-0.2, 0) is 4.79 Å². The molecule has 1 aromatic heterocycles. The molecule has 1 heterocycles. The maximum absolute atomic E-state index is 11.6. The minimum absolute atomic E-state index is 0.0388. The van der Waals surface area contributed by atoms with Crippen LogP contribution in [0.1, 0.15) is 5.69 Å². The Morgan fingerprint density at radius 2 is 2.05 bits per heavy atom. The molecule has 96 valence electrons. The molecule has 0 aliphatic rings. The predicted molar refractivity (Wildman–Crippen MR) is 71.6 cm³/mol. The Morgan fingerprint density at radius 3 is 2.68 bits per heavy atom. The Labute approximate surface area is 108 Å². The summed E-state index contributed by atoms with van der Waals surface area (Å²) in [6.07, 6.45) is 4.06. The summed E-state index contributed by atoms with van der Waals surface area (Å²) in [6.45, 7) is 0. The van der Waals surface area contributed by atoms with Crippen molar-refractivity contribution in [1.29, 1.82) is 0 Å². The molecule has 2 aromatic rings. The molecule has 0 bridgehead atoms. The molecule has 0 aliphatic heterocycles. The lowest BCUT2D eigenvalue weighted by atomic mass is 10.3. The largest absolute Gasteiger partial charge is 0.356 e. The molecule has 6 nitrogen and oxygen atoms in total. The lowest BCUT2D eigenvalue weighted by molar-refractivity contribution is -0.384. The van der Waals surface area contributed by atoms with Crippen LogP contribution < -0.4 is 5.32 Å². The van der Waals surface area contributed by atoms with Crippen molar-refractivity contribution in [2.75, 3.05) is 5.32 Å². The number of nitrogens with zero attached hydrogens (tertiary/aromatic N) is 1. The van der Waals surface area contributed by atoms with Crippen molar-refractivity contribution in [3.63, 3.8) is 0 Å². The summed E-state index contributed by atoms with van der Waals surface area (Å²) in [5.41, 5.74) is 1.15. The Morgan fingerprint density at radius 1 is 1.32 bits per heavy atom. The van der Waals surface area contributed by atoms with Gasteiger partial charge in [-0.05, 0) is 18.2 Å². The number of carbonyl (C=O) groups excluding carboxylic acids is 1. The Kier molecular flexibility index (Phi) is 3.72. The van der Waals surface area contributed by atoms with Gasteiger partial charge in [-0.1, -0.05) is 18.2 Å². The number of para-hydroxylation sites is 1. The molecule has 1 aromatic carbocycles. The lowest BCUT2D eigenvalue weighted by Crippen LogP contribution is -2.07. The van der Waals surface area contributed by atoms with E-state index in [9.17, 15) is 14.9 Å². The fourth-order valence-electron chi connectivity index (χ4n) is 1.47. The molecule has 0 radical (unpaired) electrons. The van der Waals surface area contributed by atoms with Crippen LogP contribution in [0.3, 0.4) is 0 Å². The number of H-pyrrole nitrogens is 1. The number of anilines is 1. The van der Waals surface area contributed by atoms with Crippen LogP contribution >= 0.6 is 0 Å². The van der Waals surface area contributed by atoms with Gasteiger partial charge in [-0.2, -0.15) is 0 Å². The second kappa shape index (κ2) is 5.63. The summed E-state index contributed by atoms with van der Waals surface area (Å²) in [5.74, 6) is -0.302. The van der Waals surface area contributed by atoms with Crippen LogP contribution in [0.2, 0.25) is 0 Å². The summed E-state index contributed by atoms with van der Waals surface area (Å²) in [5, 5.41) is 13.1. The lowest BCUT2D eigenvalue weighted by Gasteiger charge is -1.99. The third kappa shape index (κ3) is 3.53. The van der Waals surface area contributed by atoms with E-state index in [1.165, 1.54) is 24.4 Å². The quantitative estimate of drug-likeness (QED) is 0.501. The van der Waals surface area contributed by atoms with Crippen LogP contribution in [0.4, 0.5) is 11.4 Å². The Hall–Kier alpha value is -2.89. The molecule has 0 saturated heterocycles. The first-order valence-corrected chi connectivity index (χ1v) is 5.52. The Bertz CT molecular complexity index is 617. The smallest absolute Gasteiger partial charge is 0.287 e. The normalized spacial score (nSPS) is 10.5. The summed E-state index contributed by atoms with van der Waals surface area (Å²) >= 11 is 0. The molecule has 0 aliphatic carbocycles. The molecule has 0 fully saturated rings. The van der Waals surface area contributed by atoms with Gasteiger partial charge in [-0.25, -0.2) is 0 Å². The standard InChI is InChI=1S/C13H11N3O3/c17-13(15-10-4-2-1-3-5-10)7-6-11-8-12(9-14-11)16(18)19/h1-9,14H,(H,15,17). The number of hydrogen-bond acceptors (Lipinski definition) is 3. The molecule has 2 N–H and O–H groups in total. The zero-order chi connectivity index (χ0) is 13.7. The van der Waals surface area contributed by atoms with Crippen LogP contribution in [0.5, 0.6) is 0 Å². The maximum atomic E-state index is 11.6. The SMILES string of the molecule is O=C(C=Cc1cc([N+](=O)[O-])c[nH]1)Nc1ccccc1. The number of carbonyl (C=O) groups is 1. The molecule has 0 spiro atoms. The molecule has 1 amide bonds. The fourth-order valence-corrected chi connectivity index (χ4v) is 1.47. The monoisotopic (exact) mass is 257 g/mol. The summed E-state index contributed by atoms with van der Waals surface area (Å²) in [6, 6.07) is 10.4. The number of nitro groups is 1. The van der Waals surface area contributed by atoms with Crippen LogP contribution in [0.15, 0.2) is 48.7 Å². The predicted octanol–water partition coefficient (Wildman–Crippen LogP) is 2.57. The first-order valence-electron chi connectivity index (χ1n) is 5.52. The van der Waals surface area contributed by atoms with Gasteiger partial charge in [0.1, 0.15) is 0 Å². The van der Waals surface area contributed by atoms with Crippen LogP contribution in [0, 0.1) is 10.1 Å².